The molecule has 0 aliphatic carbocycles. The minimum absolute atomic E-state index is 0.319. The van der Waals surface area contributed by atoms with Crippen molar-refractivity contribution in [2.24, 2.45) is 0 Å². The molecular formula is C37H35N3O11. The van der Waals surface area contributed by atoms with Crippen molar-refractivity contribution in [2.45, 2.75) is 6.54 Å². The third-order valence-electron chi connectivity index (χ3n) is 6.40. The van der Waals surface area contributed by atoms with Crippen LogP contribution in [0.2, 0.25) is 0 Å². The summed E-state index contributed by atoms with van der Waals surface area (Å²) < 4.78 is 32.6. The van der Waals surface area contributed by atoms with E-state index < -0.39 is 11.9 Å². The second-order valence-corrected chi connectivity index (χ2v) is 9.64. The zero-order valence-electron chi connectivity index (χ0n) is 28.3. The first-order chi connectivity index (χ1) is 24.6. The van der Waals surface area contributed by atoms with E-state index in [1.807, 2.05) is 25.2 Å². The normalized spacial score (nSPS) is 9.71. The minimum Gasteiger partial charge on any atom is -0.497 e. The first kappa shape index (κ1) is 40.1. The number of nitrogens with zero attached hydrogens (tertiary/aromatic N) is 2. The number of benzene rings is 4. The van der Waals surface area contributed by atoms with Gasteiger partial charge in [0.15, 0.2) is 29.3 Å². The Hall–Kier alpha value is -7.03. The Labute approximate surface area is 294 Å². The van der Waals surface area contributed by atoms with Gasteiger partial charge in [-0.2, -0.15) is 10.5 Å². The first-order valence-electron chi connectivity index (χ1n) is 14.7. The van der Waals surface area contributed by atoms with Gasteiger partial charge in [-0.3, -0.25) is 4.79 Å². The van der Waals surface area contributed by atoms with Crippen LogP contribution in [-0.2, 0) is 16.1 Å². The summed E-state index contributed by atoms with van der Waals surface area (Å²) in [7, 11) is 8.00. The van der Waals surface area contributed by atoms with E-state index in [1.165, 1.54) is 14.2 Å². The molecule has 0 amide bonds. The van der Waals surface area contributed by atoms with E-state index >= 15 is 0 Å². The number of carboxylic acid groups (broad SMARTS) is 2. The molecule has 0 saturated carbocycles. The Kier molecular flexibility index (Phi) is 16.6. The summed E-state index contributed by atoms with van der Waals surface area (Å²) in [6.45, 7) is 0.656. The Morgan fingerprint density at radius 2 is 1.16 bits per heavy atom. The van der Waals surface area contributed by atoms with Gasteiger partial charge >= 0.3 is 11.9 Å². The largest absolute Gasteiger partial charge is 0.497 e. The fourth-order valence-corrected chi connectivity index (χ4v) is 4.12. The molecule has 0 saturated heterocycles. The van der Waals surface area contributed by atoms with Crippen LogP contribution in [0.1, 0.15) is 27.0 Å². The number of ether oxygens (including phenoxy) is 6. The molecule has 0 radical (unpaired) electrons. The van der Waals surface area contributed by atoms with Crippen LogP contribution in [-0.4, -0.2) is 63.9 Å². The van der Waals surface area contributed by atoms with Crippen molar-refractivity contribution in [1.82, 2.24) is 5.32 Å². The van der Waals surface area contributed by atoms with Crippen LogP contribution in [0.4, 0.5) is 0 Å². The first-order valence-corrected chi connectivity index (χ1v) is 14.7. The molecule has 0 spiro atoms. The molecule has 0 atom stereocenters. The van der Waals surface area contributed by atoms with Crippen molar-refractivity contribution in [1.29, 1.82) is 10.5 Å². The molecule has 264 valence electrons. The van der Waals surface area contributed by atoms with E-state index in [1.54, 1.807) is 74.9 Å². The van der Waals surface area contributed by atoms with Gasteiger partial charge in [0, 0.05) is 36.4 Å². The van der Waals surface area contributed by atoms with E-state index in [4.69, 9.17) is 43.9 Å². The number of nitriles is 2. The number of nitrogens with one attached hydrogen (secondary N) is 1. The van der Waals surface area contributed by atoms with Gasteiger partial charge < -0.3 is 44.0 Å². The van der Waals surface area contributed by atoms with Crippen LogP contribution in [0, 0.1) is 22.7 Å². The second-order valence-electron chi connectivity index (χ2n) is 9.64. The monoisotopic (exact) mass is 697 g/mol. The van der Waals surface area contributed by atoms with Crippen molar-refractivity contribution in [3.63, 3.8) is 0 Å². The minimum atomic E-state index is -1.26. The highest BCUT2D eigenvalue weighted by Crippen LogP contribution is 2.38. The predicted molar refractivity (Wildman–Crippen MR) is 184 cm³/mol. The van der Waals surface area contributed by atoms with E-state index in [9.17, 15) is 19.6 Å². The molecular weight excluding hydrogens is 662 g/mol. The van der Waals surface area contributed by atoms with E-state index in [0.717, 1.165) is 5.56 Å². The van der Waals surface area contributed by atoms with Gasteiger partial charge in [0.25, 0.3) is 0 Å². The summed E-state index contributed by atoms with van der Waals surface area (Å²) in [5, 5.41) is 37.0. The number of aldehydes is 1. The maximum absolute atomic E-state index is 11.0. The Morgan fingerprint density at radius 3 is 1.55 bits per heavy atom. The Morgan fingerprint density at radius 1 is 0.686 bits per heavy atom. The predicted octanol–water partition coefficient (Wildman–Crippen LogP) is 5.98. The van der Waals surface area contributed by atoms with Gasteiger partial charge in [0.2, 0.25) is 0 Å². The van der Waals surface area contributed by atoms with E-state index in [0.29, 0.717) is 87.7 Å². The summed E-state index contributed by atoms with van der Waals surface area (Å²) in [5.41, 5.74) is 2.14. The van der Waals surface area contributed by atoms with Gasteiger partial charge in [-0.15, -0.1) is 0 Å². The fraction of sp³-hybridized carbons (Fsp3) is 0.162. The lowest BCUT2D eigenvalue weighted by atomic mass is 10.1. The molecule has 0 unspecified atom stereocenters. The molecule has 14 nitrogen and oxygen atoms in total. The number of hydrogen-bond acceptors (Lipinski definition) is 12. The average molecular weight is 698 g/mol. The number of aliphatic carboxylic acids is 2. The van der Waals surface area contributed by atoms with Crippen molar-refractivity contribution in [3.05, 3.63) is 107 Å². The number of carbonyl (C=O) groups excluding carboxylic acids is 1. The maximum atomic E-state index is 11.0. The van der Waals surface area contributed by atoms with Crippen molar-refractivity contribution >= 4 is 18.2 Å². The molecule has 0 heterocycles. The molecule has 0 aliphatic heterocycles. The highest BCUT2D eigenvalue weighted by atomic mass is 16.5. The molecule has 4 rings (SSSR count). The van der Waals surface area contributed by atoms with E-state index in [2.05, 4.69) is 11.4 Å². The van der Waals surface area contributed by atoms with Crippen LogP contribution in [0.3, 0.4) is 0 Å². The van der Waals surface area contributed by atoms with Crippen LogP contribution < -0.4 is 33.7 Å². The van der Waals surface area contributed by atoms with Crippen molar-refractivity contribution in [3.8, 4) is 58.1 Å². The number of hydrogen-bond donors (Lipinski definition) is 3. The highest BCUT2D eigenvalue weighted by molar-refractivity contribution is 5.89. The number of para-hydroxylation sites is 2. The molecule has 0 bridgehead atoms. The summed E-state index contributed by atoms with van der Waals surface area (Å²) in [6.07, 6.45) is 1.80. The summed E-state index contributed by atoms with van der Waals surface area (Å²) in [5.74, 6) is 1.31. The third kappa shape index (κ3) is 12.2. The van der Waals surface area contributed by atoms with Gasteiger partial charge in [0.05, 0.1) is 45.1 Å². The third-order valence-corrected chi connectivity index (χ3v) is 6.40. The zero-order valence-corrected chi connectivity index (χ0v) is 28.3. The Balaban J connectivity index is 0.000000293. The topological polar surface area (TPSA) is 207 Å². The van der Waals surface area contributed by atoms with Crippen molar-refractivity contribution in [2.75, 3.05) is 35.5 Å². The molecule has 0 aliphatic rings. The quantitative estimate of drug-likeness (QED) is 0.109. The molecule has 4 aromatic rings. The average Bonchev–Trinajstić information content (AvgIpc) is 3.14. The number of rotatable bonds is 13. The number of carbonyl (C=O) groups is 3. The lowest BCUT2D eigenvalue weighted by molar-refractivity contribution is -0.134. The standard InChI is InChI=1S/C17H18N2O3.C16H13NO4.C4H4O4/c1-19-11-13-5-4-6-15(17(13)21-3)22-16-9-14(20-2)8-7-12(16)10-18;1-19-13-7-6-11(9-17)15(8-13)21-14-5-3-4-12(10-18)16(14)20-2;5-3(6)1-2-4(7)8/h4-9,19H,11H2,1-3H3;3-8,10H,1-2H3;1-2H,(H,5,6)(H,7,8). The summed E-state index contributed by atoms with van der Waals surface area (Å²) in [4.78, 5) is 30.1. The van der Waals surface area contributed by atoms with Gasteiger partial charge in [-0.25, -0.2) is 9.59 Å². The van der Waals surface area contributed by atoms with Crippen molar-refractivity contribution < 1.29 is 53.0 Å². The molecule has 0 fully saturated rings. The molecule has 51 heavy (non-hydrogen) atoms. The number of methoxy groups -OCH3 is 4. The second kappa shape index (κ2) is 21.0. The van der Waals surface area contributed by atoms with Crippen LogP contribution >= 0.6 is 0 Å². The van der Waals surface area contributed by atoms with Gasteiger partial charge in [-0.1, -0.05) is 18.2 Å². The molecule has 4 aromatic carbocycles. The maximum Gasteiger partial charge on any atom is 0.328 e. The van der Waals surface area contributed by atoms with Crippen LogP contribution in [0.25, 0.3) is 0 Å². The van der Waals surface area contributed by atoms with Gasteiger partial charge in [-0.05, 0) is 49.5 Å². The van der Waals surface area contributed by atoms with Crippen LogP contribution in [0.15, 0.2) is 84.9 Å². The molecule has 0 aromatic heterocycles. The number of carboxylic acids is 2. The van der Waals surface area contributed by atoms with E-state index in [-0.39, 0.29) is 0 Å². The Bertz CT molecular complexity index is 1910. The SMILES string of the molecule is CNCc1cccc(Oc2cc(OC)ccc2C#N)c1OC.COc1ccc(C#N)c(Oc2cccc(C=O)c2OC)c1.O=C(O)C=CC(=O)O. The zero-order chi connectivity index (χ0) is 37.8. The fourth-order valence-electron chi connectivity index (χ4n) is 4.12. The lowest BCUT2D eigenvalue weighted by Crippen LogP contribution is -2.07. The van der Waals surface area contributed by atoms with Gasteiger partial charge in [0.1, 0.15) is 35.1 Å². The summed E-state index contributed by atoms with van der Waals surface area (Å²) in [6, 6.07) is 24.7. The molecule has 14 heteroatoms. The smallest absolute Gasteiger partial charge is 0.328 e. The highest BCUT2D eigenvalue weighted by Gasteiger charge is 2.15. The molecule has 3 N–H and O–H groups in total. The summed E-state index contributed by atoms with van der Waals surface area (Å²) >= 11 is 0. The van der Waals surface area contributed by atoms with Crippen LogP contribution in [0.5, 0.6) is 46.0 Å². The lowest BCUT2D eigenvalue weighted by Gasteiger charge is -2.15.